The molecule has 0 radical (unpaired) electrons. The summed E-state index contributed by atoms with van der Waals surface area (Å²) in [5.74, 6) is 4.11. The molecule has 0 saturated heterocycles. The fraction of sp³-hybridized carbons (Fsp3) is 0.375. The molecule has 0 spiro atoms. The summed E-state index contributed by atoms with van der Waals surface area (Å²) in [4.78, 5) is 4.76. The molecule has 0 unspecified atom stereocenters. The Morgan fingerprint density at radius 1 is 1.03 bits per heavy atom. The molecule has 32 heavy (non-hydrogen) atoms. The first kappa shape index (κ1) is 23.1. The summed E-state index contributed by atoms with van der Waals surface area (Å²) in [6, 6.07) is 14.1. The number of hydrogen-bond donors (Lipinski definition) is 2. The third-order valence-electron chi connectivity index (χ3n) is 5.14. The van der Waals surface area contributed by atoms with Crippen LogP contribution in [0.3, 0.4) is 0 Å². The first-order valence-electron chi connectivity index (χ1n) is 10.7. The van der Waals surface area contributed by atoms with Crippen molar-refractivity contribution in [3.8, 4) is 11.5 Å². The van der Waals surface area contributed by atoms with Gasteiger partial charge in [-0.3, -0.25) is 0 Å². The van der Waals surface area contributed by atoms with Gasteiger partial charge < -0.3 is 24.7 Å². The van der Waals surface area contributed by atoms with Crippen molar-refractivity contribution in [2.75, 3.05) is 13.7 Å². The number of guanidine groups is 1. The predicted octanol–water partition coefficient (Wildman–Crippen LogP) is 3.27. The van der Waals surface area contributed by atoms with Gasteiger partial charge in [0, 0.05) is 19.2 Å². The van der Waals surface area contributed by atoms with Crippen LogP contribution >= 0.6 is 0 Å². The molecular formula is C24H32N6O2. The molecule has 8 nitrogen and oxygen atoms in total. The molecule has 0 saturated carbocycles. The maximum atomic E-state index is 5.82. The van der Waals surface area contributed by atoms with E-state index >= 15 is 0 Å². The molecule has 0 bridgehead atoms. The van der Waals surface area contributed by atoms with Crippen molar-refractivity contribution in [1.29, 1.82) is 0 Å². The first-order chi connectivity index (χ1) is 15.5. The van der Waals surface area contributed by atoms with Crippen molar-refractivity contribution in [3.05, 3.63) is 70.8 Å². The largest absolute Gasteiger partial charge is 0.497 e. The lowest BCUT2D eigenvalue weighted by Gasteiger charge is -2.15. The number of benzene rings is 2. The topological polar surface area (TPSA) is 85.6 Å². The Bertz CT molecular complexity index is 1040. The van der Waals surface area contributed by atoms with E-state index in [1.54, 1.807) is 7.11 Å². The van der Waals surface area contributed by atoms with Crippen LogP contribution in [0.5, 0.6) is 11.5 Å². The molecule has 1 heterocycles. The van der Waals surface area contributed by atoms with Crippen molar-refractivity contribution < 1.29 is 9.47 Å². The van der Waals surface area contributed by atoms with Crippen LogP contribution in [-0.2, 0) is 26.7 Å². The highest BCUT2D eigenvalue weighted by Crippen LogP contribution is 2.20. The second-order valence-corrected chi connectivity index (χ2v) is 7.49. The fourth-order valence-corrected chi connectivity index (χ4v) is 3.12. The van der Waals surface area contributed by atoms with E-state index in [0.29, 0.717) is 32.2 Å². The highest BCUT2D eigenvalue weighted by Gasteiger charge is 2.09. The first-order valence-corrected chi connectivity index (χ1v) is 10.7. The summed E-state index contributed by atoms with van der Waals surface area (Å²) >= 11 is 0. The van der Waals surface area contributed by atoms with Gasteiger partial charge in [-0.05, 0) is 50.1 Å². The van der Waals surface area contributed by atoms with Crippen LogP contribution in [0.15, 0.2) is 47.5 Å². The monoisotopic (exact) mass is 436 g/mol. The fourth-order valence-electron chi connectivity index (χ4n) is 3.12. The molecule has 0 aliphatic rings. The highest BCUT2D eigenvalue weighted by molar-refractivity contribution is 5.79. The van der Waals surface area contributed by atoms with Crippen molar-refractivity contribution in [1.82, 2.24) is 25.4 Å². The Balaban J connectivity index is 1.73. The molecular weight excluding hydrogens is 404 g/mol. The van der Waals surface area contributed by atoms with Crippen molar-refractivity contribution in [2.24, 2.45) is 12.0 Å². The van der Waals surface area contributed by atoms with E-state index in [1.165, 1.54) is 5.56 Å². The average molecular weight is 437 g/mol. The molecule has 0 aliphatic heterocycles. The molecule has 0 atom stereocenters. The van der Waals surface area contributed by atoms with Crippen LogP contribution in [0.2, 0.25) is 0 Å². The lowest BCUT2D eigenvalue weighted by Crippen LogP contribution is -2.37. The number of rotatable bonds is 9. The molecule has 0 fully saturated rings. The van der Waals surface area contributed by atoms with Gasteiger partial charge in [0.1, 0.15) is 17.3 Å². The molecule has 2 aromatic carbocycles. The van der Waals surface area contributed by atoms with E-state index in [0.717, 1.165) is 34.3 Å². The number of hydrogen-bond acceptors (Lipinski definition) is 5. The molecule has 170 valence electrons. The zero-order chi connectivity index (χ0) is 22.9. The molecule has 3 rings (SSSR count). The summed E-state index contributed by atoms with van der Waals surface area (Å²) in [5, 5.41) is 15.1. The number of aliphatic imine (C=N–C) groups is 1. The molecule has 0 aliphatic carbocycles. The Labute approximate surface area is 189 Å². The zero-order valence-electron chi connectivity index (χ0n) is 19.5. The summed E-state index contributed by atoms with van der Waals surface area (Å²) < 4.78 is 13.0. The van der Waals surface area contributed by atoms with E-state index < -0.39 is 0 Å². The smallest absolute Gasteiger partial charge is 0.192 e. The van der Waals surface area contributed by atoms with Gasteiger partial charge in [-0.1, -0.05) is 24.3 Å². The Morgan fingerprint density at radius 2 is 1.78 bits per heavy atom. The molecule has 0 amide bonds. The predicted molar refractivity (Wildman–Crippen MR) is 126 cm³/mol. The summed E-state index contributed by atoms with van der Waals surface area (Å²) in [7, 11) is 3.61. The standard InChI is InChI=1S/C24H32N6O2/c1-6-32-22-13-17(2)7-10-20(22)15-26-24(27-16-23-29-28-18(3)30(23)4)25-14-19-8-11-21(31-5)12-9-19/h7-13H,6,14-16H2,1-5H3,(H2,25,26,27). The van der Waals surface area contributed by atoms with Gasteiger partial charge in [-0.2, -0.15) is 0 Å². The van der Waals surface area contributed by atoms with Gasteiger partial charge in [0.25, 0.3) is 0 Å². The normalized spacial score (nSPS) is 11.3. The highest BCUT2D eigenvalue weighted by atomic mass is 16.5. The summed E-state index contributed by atoms with van der Waals surface area (Å²) in [5.41, 5.74) is 3.33. The van der Waals surface area contributed by atoms with E-state index in [9.17, 15) is 0 Å². The zero-order valence-corrected chi connectivity index (χ0v) is 19.5. The molecule has 8 heteroatoms. The second kappa shape index (κ2) is 11.2. The summed E-state index contributed by atoms with van der Waals surface area (Å²) in [6.07, 6.45) is 0. The number of methoxy groups -OCH3 is 1. The van der Waals surface area contributed by atoms with Gasteiger partial charge in [0.05, 0.1) is 26.8 Å². The minimum absolute atomic E-state index is 0.512. The Morgan fingerprint density at radius 3 is 2.44 bits per heavy atom. The van der Waals surface area contributed by atoms with E-state index in [-0.39, 0.29) is 0 Å². The number of aromatic nitrogens is 3. The maximum Gasteiger partial charge on any atom is 0.192 e. The molecule has 1 aromatic heterocycles. The van der Waals surface area contributed by atoms with Crippen LogP contribution in [0.25, 0.3) is 0 Å². The van der Waals surface area contributed by atoms with Crippen LogP contribution in [0, 0.1) is 13.8 Å². The van der Waals surface area contributed by atoms with Gasteiger partial charge in [0.2, 0.25) is 0 Å². The second-order valence-electron chi connectivity index (χ2n) is 7.49. The lowest BCUT2D eigenvalue weighted by molar-refractivity contribution is 0.336. The van der Waals surface area contributed by atoms with Gasteiger partial charge in [0.15, 0.2) is 11.8 Å². The van der Waals surface area contributed by atoms with Crippen LogP contribution in [0.1, 0.15) is 35.3 Å². The average Bonchev–Trinajstić information content (AvgIpc) is 3.12. The van der Waals surface area contributed by atoms with E-state index in [4.69, 9.17) is 14.5 Å². The van der Waals surface area contributed by atoms with Gasteiger partial charge in [-0.25, -0.2) is 4.99 Å². The lowest BCUT2D eigenvalue weighted by atomic mass is 10.1. The number of nitrogens with one attached hydrogen (secondary N) is 2. The minimum Gasteiger partial charge on any atom is -0.497 e. The SMILES string of the molecule is CCOc1cc(C)ccc1CNC(=NCc1ccc(OC)cc1)NCc1nnc(C)n1C. The number of nitrogens with zero attached hydrogens (tertiary/aromatic N) is 4. The third kappa shape index (κ3) is 6.23. The quantitative estimate of drug-likeness (QED) is 0.396. The van der Waals surface area contributed by atoms with Crippen molar-refractivity contribution in [3.63, 3.8) is 0 Å². The third-order valence-corrected chi connectivity index (χ3v) is 5.14. The van der Waals surface area contributed by atoms with E-state index in [2.05, 4.69) is 46.0 Å². The van der Waals surface area contributed by atoms with E-state index in [1.807, 2.05) is 49.7 Å². The molecule has 2 N–H and O–H groups in total. The maximum absolute atomic E-state index is 5.82. The molecule has 3 aromatic rings. The van der Waals surface area contributed by atoms with Crippen LogP contribution in [0.4, 0.5) is 0 Å². The Kier molecular flexibility index (Phi) is 8.08. The summed E-state index contributed by atoms with van der Waals surface area (Å²) in [6.45, 7) is 8.24. The number of aryl methyl sites for hydroxylation is 2. The van der Waals surface area contributed by atoms with Gasteiger partial charge in [-0.15, -0.1) is 10.2 Å². The van der Waals surface area contributed by atoms with Crippen LogP contribution < -0.4 is 20.1 Å². The van der Waals surface area contributed by atoms with Crippen molar-refractivity contribution in [2.45, 2.75) is 40.4 Å². The van der Waals surface area contributed by atoms with Crippen LogP contribution in [-0.4, -0.2) is 34.4 Å². The van der Waals surface area contributed by atoms with Gasteiger partial charge >= 0.3 is 0 Å². The Hall–Kier alpha value is -3.55. The number of ether oxygens (including phenoxy) is 2. The van der Waals surface area contributed by atoms with Crippen molar-refractivity contribution >= 4 is 5.96 Å². The minimum atomic E-state index is 0.512.